The van der Waals surface area contributed by atoms with Crippen molar-refractivity contribution in [2.24, 2.45) is 16.0 Å². The molecule has 0 radical (unpaired) electrons. The number of aromatic nitrogens is 2. The first-order valence-corrected chi connectivity index (χ1v) is 12.5. The summed E-state index contributed by atoms with van der Waals surface area (Å²) in [6.45, 7) is 13.8. The molecule has 0 spiro atoms. The molecule has 0 N–H and O–H groups in total. The average Bonchev–Trinajstić information content (AvgIpc) is 3.14. The molecule has 0 aliphatic carbocycles. The maximum Gasteiger partial charge on any atom is 0.174 e. The molecule has 3 heterocycles. The van der Waals surface area contributed by atoms with Crippen LogP contribution in [0.1, 0.15) is 48.7 Å². The lowest BCUT2D eigenvalue weighted by atomic mass is 9.90. The molecule has 0 saturated carbocycles. The van der Waals surface area contributed by atoms with Gasteiger partial charge in [-0.1, -0.05) is 36.9 Å². The molecule has 6 nitrogen and oxygen atoms in total. The fourth-order valence-corrected chi connectivity index (χ4v) is 5.03. The van der Waals surface area contributed by atoms with E-state index in [4.69, 9.17) is 10.2 Å². The van der Waals surface area contributed by atoms with Crippen LogP contribution in [0, 0.1) is 19.8 Å². The van der Waals surface area contributed by atoms with Crippen molar-refractivity contribution in [2.45, 2.75) is 52.9 Å². The highest BCUT2D eigenvalue weighted by molar-refractivity contribution is 5.98. The minimum Gasteiger partial charge on any atom is -0.303 e. The van der Waals surface area contributed by atoms with Gasteiger partial charge < -0.3 is 4.90 Å². The third kappa shape index (κ3) is 5.55. The predicted molar refractivity (Wildman–Crippen MR) is 141 cm³/mol. The molecule has 0 unspecified atom stereocenters. The van der Waals surface area contributed by atoms with E-state index < -0.39 is 0 Å². The standard InChI is InChI=1S/C28H38N6/c1-21-13-14-28(31-33(21)24(4)29-5)34-23(3)27(22(2)30-34)12-9-17-32-18-15-26(16-19-32)20-25-10-7-6-8-11-25/h6-8,10-11,13-14,26H,1,9,12,15-20H2,2-5H3. The molecule has 1 fully saturated rings. The molecule has 0 atom stereocenters. The Balaban J connectivity index is 1.31. The zero-order valence-electron chi connectivity index (χ0n) is 21.2. The van der Waals surface area contributed by atoms with Gasteiger partial charge in [-0.05, 0) is 102 Å². The highest BCUT2D eigenvalue weighted by atomic mass is 15.5. The Labute approximate surface area is 204 Å². The van der Waals surface area contributed by atoms with Crippen LogP contribution in [0.5, 0.6) is 0 Å². The average molecular weight is 459 g/mol. The summed E-state index contributed by atoms with van der Waals surface area (Å²) in [6.07, 6.45) is 9.98. The van der Waals surface area contributed by atoms with Crippen LogP contribution in [0.3, 0.4) is 0 Å². The summed E-state index contributed by atoms with van der Waals surface area (Å²) in [5, 5.41) is 11.3. The van der Waals surface area contributed by atoms with Crippen LogP contribution in [0.4, 0.5) is 0 Å². The molecule has 1 saturated heterocycles. The summed E-state index contributed by atoms with van der Waals surface area (Å²) in [5.41, 5.74) is 5.88. The van der Waals surface area contributed by atoms with Crippen molar-refractivity contribution in [1.29, 1.82) is 0 Å². The molecule has 4 rings (SSSR count). The number of allylic oxidation sites excluding steroid dienone is 2. The topological polar surface area (TPSA) is 49.0 Å². The maximum atomic E-state index is 4.82. The van der Waals surface area contributed by atoms with Crippen molar-refractivity contribution in [2.75, 3.05) is 26.7 Å². The molecule has 0 bridgehead atoms. The van der Waals surface area contributed by atoms with Gasteiger partial charge in [-0.15, -0.1) is 5.10 Å². The Kier molecular flexibility index (Phi) is 7.78. The van der Waals surface area contributed by atoms with Gasteiger partial charge >= 0.3 is 0 Å². The van der Waals surface area contributed by atoms with Crippen molar-refractivity contribution < 1.29 is 0 Å². The van der Waals surface area contributed by atoms with E-state index in [1.54, 1.807) is 12.1 Å². The number of hydrazone groups is 1. The number of hydrogen-bond acceptors (Lipinski definition) is 4. The first kappa shape index (κ1) is 24.1. The molecule has 2 aliphatic rings. The Morgan fingerprint density at radius 3 is 2.56 bits per heavy atom. The second-order valence-corrected chi connectivity index (χ2v) is 9.50. The summed E-state index contributed by atoms with van der Waals surface area (Å²) in [6, 6.07) is 10.9. The predicted octanol–water partition coefficient (Wildman–Crippen LogP) is 4.98. The number of piperidine rings is 1. The molecule has 1 aromatic carbocycles. The van der Waals surface area contributed by atoms with Crippen LogP contribution in [0.25, 0.3) is 0 Å². The van der Waals surface area contributed by atoms with Gasteiger partial charge in [0.15, 0.2) is 5.84 Å². The number of hydrogen-bond donors (Lipinski definition) is 0. The van der Waals surface area contributed by atoms with Gasteiger partial charge in [0.25, 0.3) is 0 Å². The number of rotatable bonds is 6. The van der Waals surface area contributed by atoms with Crippen LogP contribution >= 0.6 is 0 Å². The van der Waals surface area contributed by atoms with Crippen LogP contribution in [-0.4, -0.2) is 58.0 Å². The quantitative estimate of drug-likeness (QED) is 0.453. The van der Waals surface area contributed by atoms with E-state index >= 15 is 0 Å². The van der Waals surface area contributed by atoms with E-state index in [-0.39, 0.29) is 0 Å². The van der Waals surface area contributed by atoms with Crippen molar-refractivity contribution in [3.05, 3.63) is 77.3 Å². The zero-order chi connectivity index (χ0) is 24.1. The second kappa shape index (κ2) is 11.0. The third-order valence-corrected chi connectivity index (χ3v) is 7.16. The van der Waals surface area contributed by atoms with Gasteiger partial charge in [0, 0.05) is 12.7 Å². The van der Waals surface area contributed by atoms with Gasteiger partial charge in [0.1, 0.15) is 5.84 Å². The van der Waals surface area contributed by atoms with E-state index in [2.05, 4.69) is 60.7 Å². The van der Waals surface area contributed by atoms with Gasteiger partial charge in [0.05, 0.1) is 11.4 Å². The van der Waals surface area contributed by atoms with E-state index in [1.165, 1.54) is 49.2 Å². The Bertz CT molecular complexity index is 1080. The van der Waals surface area contributed by atoms with Crippen molar-refractivity contribution >= 4 is 11.7 Å². The van der Waals surface area contributed by atoms with Gasteiger partial charge in [-0.25, -0.2) is 9.69 Å². The Hall–Kier alpha value is -2.99. The Morgan fingerprint density at radius 1 is 1.12 bits per heavy atom. The summed E-state index contributed by atoms with van der Waals surface area (Å²) >= 11 is 0. The second-order valence-electron chi connectivity index (χ2n) is 9.50. The molecule has 34 heavy (non-hydrogen) atoms. The lowest BCUT2D eigenvalue weighted by Crippen LogP contribution is -2.35. The minimum atomic E-state index is 0.794. The van der Waals surface area contributed by atoms with E-state index in [1.807, 2.05) is 23.8 Å². The molecular weight excluding hydrogens is 420 g/mol. The molecular formula is C28H38N6. The molecule has 2 aliphatic heterocycles. The van der Waals surface area contributed by atoms with Gasteiger partial charge in [-0.3, -0.25) is 4.99 Å². The summed E-state index contributed by atoms with van der Waals surface area (Å²) < 4.78 is 1.96. The largest absolute Gasteiger partial charge is 0.303 e. The molecule has 1 aromatic heterocycles. The first-order chi connectivity index (χ1) is 16.5. The summed E-state index contributed by atoms with van der Waals surface area (Å²) in [7, 11) is 1.77. The SMILES string of the molecule is C=C1C=CC(n2nc(C)c(CCCN3CCC(Cc4ccccc4)CC3)c2C)=NN1C(C)=NC. The number of amidine groups is 1. The molecule has 2 aromatic rings. The fourth-order valence-electron chi connectivity index (χ4n) is 5.03. The van der Waals surface area contributed by atoms with E-state index in [0.29, 0.717) is 0 Å². The van der Waals surface area contributed by atoms with Crippen LogP contribution < -0.4 is 0 Å². The first-order valence-electron chi connectivity index (χ1n) is 12.5. The maximum absolute atomic E-state index is 4.82. The van der Waals surface area contributed by atoms with Crippen LogP contribution in [-0.2, 0) is 12.8 Å². The lowest BCUT2D eigenvalue weighted by Gasteiger charge is -2.32. The van der Waals surface area contributed by atoms with Crippen molar-refractivity contribution in [3.8, 4) is 0 Å². The zero-order valence-corrected chi connectivity index (χ0v) is 21.2. The molecule has 6 heteroatoms. The fraction of sp³-hybridized carbons (Fsp3) is 0.464. The summed E-state index contributed by atoms with van der Waals surface area (Å²) in [5.74, 6) is 2.42. The highest BCUT2D eigenvalue weighted by Gasteiger charge is 2.21. The van der Waals surface area contributed by atoms with E-state index in [0.717, 1.165) is 48.4 Å². The van der Waals surface area contributed by atoms with Crippen LogP contribution in [0.2, 0.25) is 0 Å². The molecule has 180 valence electrons. The minimum absolute atomic E-state index is 0.794. The number of nitrogens with zero attached hydrogens (tertiary/aromatic N) is 6. The number of aryl methyl sites for hydroxylation is 1. The monoisotopic (exact) mass is 458 g/mol. The van der Waals surface area contributed by atoms with E-state index in [9.17, 15) is 0 Å². The number of aliphatic imine (C=N–C) groups is 1. The number of likely N-dealkylation sites (tertiary alicyclic amines) is 1. The van der Waals surface area contributed by atoms with Crippen molar-refractivity contribution in [1.82, 2.24) is 19.7 Å². The summed E-state index contributed by atoms with van der Waals surface area (Å²) in [4.78, 5) is 6.89. The highest BCUT2D eigenvalue weighted by Crippen LogP contribution is 2.23. The van der Waals surface area contributed by atoms with Crippen molar-refractivity contribution in [3.63, 3.8) is 0 Å². The normalized spacial score (nSPS) is 18.0. The van der Waals surface area contributed by atoms with Crippen LogP contribution in [0.15, 0.2) is 64.9 Å². The molecule has 0 amide bonds. The number of benzene rings is 1. The smallest absolute Gasteiger partial charge is 0.174 e. The van der Waals surface area contributed by atoms with Gasteiger partial charge in [0.2, 0.25) is 0 Å². The third-order valence-electron chi connectivity index (χ3n) is 7.16. The Morgan fingerprint density at radius 2 is 1.85 bits per heavy atom. The lowest BCUT2D eigenvalue weighted by molar-refractivity contribution is 0.182. The van der Waals surface area contributed by atoms with Gasteiger partial charge in [-0.2, -0.15) is 5.10 Å².